The average molecular weight is 634 g/mol. The summed E-state index contributed by atoms with van der Waals surface area (Å²) in [6, 6.07) is 0. The maximum atomic E-state index is 15.2. The summed E-state index contributed by atoms with van der Waals surface area (Å²) in [5.74, 6) is -66.5. The van der Waals surface area contributed by atoms with Gasteiger partial charge in [-0.1, -0.05) is 0 Å². The van der Waals surface area contributed by atoms with Gasteiger partial charge >= 0.3 is 42.0 Å². The molecule has 0 saturated carbocycles. The number of rotatable bonds is 2. The summed E-state index contributed by atoms with van der Waals surface area (Å²) in [6.45, 7) is 0. The Labute approximate surface area is 202 Å². The van der Waals surface area contributed by atoms with E-state index in [-0.39, 0.29) is 0 Å². The Bertz CT molecular complexity index is 1350. The quantitative estimate of drug-likeness (QED) is 0.174. The molecule has 0 fully saturated rings. The molecule has 226 valence electrons. The van der Waals surface area contributed by atoms with Crippen LogP contribution in [-0.2, 0) is 5.41 Å². The highest BCUT2D eigenvalue weighted by molar-refractivity contribution is 5.90. The Morgan fingerprint density at radius 2 is 0.925 bits per heavy atom. The number of allylic oxidation sites excluding steroid dienone is 4. The van der Waals surface area contributed by atoms with Crippen LogP contribution in [0.4, 0.5) is 96.6 Å². The lowest BCUT2D eigenvalue weighted by molar-refractivity contribution is -0.375. The maximum Gasteiger partial charge on any atom is 0.458 e. The molecule has 1 atom stereocenters. The zero-order chi connectivity index (χ0) is 31.8. The summed E-state index contributed by atoms with van der Waals surface area (Å²) in [7, 11) is 0. The van der Waals surface area contributed by atoms with Crippen LogP contribution in [0, 0.1) is 23.3 Å². The lowest BCUT2D eigenvalue weighted by atomic mass is 9.64. The van der Waals surface area contributed by atoms with Crippen molar-refractivity contribution in [3.8, 4) is 0 Å². The minimum Gasteiger partial charge on any atom is -0.204 e. The van der Waals surface area contributed by atoms with Crippen LogP contribution < -0.4 is 0 Å². The molecular weight excluding hydrogens is 634 g/mol. The Morgan fingerprint density at radius 3 is 1.32 bits per heavy atom. The van der Waals surface area contributed by atoms with Gasteiger partial charge in [-0.25, -0.2) is 26.3 Å². The second-order valence-corrected chi connectivity index (χ2v) is 8.00. The molecule has 3 rings (SSSR count). The van der Waals surface area contributed by atoms with Crippen molar-refractivity contribution in [2.75, 3.05) is 0 Å². The molecule has 1 aromatic carbocycles. The second-order valence-electron chi connectivity index (χ2n) is 8.00. The fourth-order valence-electron chi connectivity index (χ4n) is 4.24. The van der Waals surface area contributed by atoms with Crippen LogP contribution in [0.2, 0.25) is 0 Å². The lowest BCUT2D eigenvalue weighted by Crippen LogP contribution is -2.71. The Hall–Kier alpha value is -2.84. The summed E-state index contributed by atoms with van der Waals surface area (Å²) in [6.07, 6.45) is -15.8. The van der Waals surface area contributed by atoms with E-state index in [1.54, 1.807) is 0 Å². The van der Waals surface area contributed by atoms with E-state index in [9.17, 15) is 87.8 Å². The highest BCUT2D eigenvalue weighted by Gasteiger charge is 2.94. The molecule has 0 amide bonds. The predicted molar refractivity (Wildman–Crippen MR) is 81.0 cm³/mol. The van der Waals surface area contributed by atoms with E-state index in [0.29, 0.717) is 0 Å². The Kier molecular flexibility index (Phi) is 6.27. The molecule has 40 heavy (non-hydrogen) atoms. The van der Waals surface area contributed by atoms with Crippen LogP contribution in [0.5, 0.6) is 0 Å². The third-order valence-electron chi connectivity index (χ3n) is 5.96. The zero-order valence-corrected chi connectivity index (χ0v) is 17.3. The molecule has 0 nitrogen and oxygen atoms in total. The molecule has 0 aliphatic heterocycles. The van der Waals surface area contributed by atoms with Crippen molar-refractivity contribution < 1.29 is 96.6 Å². The molecule has 0 spiro atoms. The molecule has 1 aromatic rings. The summed E-state index contributed by atoms with van der Waals surface area (Å²) < 4.78 is 311. The molecule has 0 radical (unpaired) electrons. The maximum absolute atomic E-state index is 15.2. The fourth-order valence-corrected chi connectivity index (χ4v) is 4.24. The smallest absolute Gasteiger partial charge is 0.204 e. The van der Waals surface area contributed by atoms with Crippen molar-refractivity contribution in [3.63, 3.8) is 0 Å². The van der Waals surface area contributed by atoms with Crippen LogP contribution in [0.15, 0.2) is 17.2 Å². The fraction of sp³-hybridized carbons (Fsp3) is 0.444. The molecule has 1 unspecified atom stereocenters. The van der Waals surface area contributed by atoms with Gasteiger partial charge in [0.2, 0.25) is 5.83 Å². The van der Waals surface area contributed by atoms with Crippen molar-refractivity contribution in [2.24, 2.45) is 0 Å². The Morgan fingerprint density at radius 1 is 0.500 bits per heavy atom. The van der Waals surface area contributed by atoms with Crippen molar-refractivity contribution in [2.45, 2.75) is 47.4 Å². The van der Waals surface area contributed by atoms with E-state index < -0.39 is 105 Å². The topological polar surface area (TPSA) is 0 Å². The van der Waals surface area contributed by atoms with Gasteiger partial charge in [0.1, 0.15) is 0 Å². The molecule has 0 N–H and O–H groups in total. The molecule has 2 aliphatic carbocycles. The standard InChI is InChI=1S/C18F22/c19-5-1-2(12(25,26)17(35,36)37)4-7(21)10(24)13(27,28)16(33,34)14(29,30)11(4,15(31,32)18(38,39)40)3(1)6(20)9(23)8(5)22. The summed E-state index contributed by atoms with van der Waals surface area (Å²) >= 11 is 0. The molecule has 22 heteroatoms. The third kappa shape index (κ3) is 3.09. The molecule has 0 heterocycles. The average Bonchev–Trinajstić information content (AvgIpc) is 3.11. The predicted octanol–water partition coefficient (Wildman–Crippen LogP) is 8.71. The largest absolute Gasteiger partial charge is 0.458 e. The minimum atomic E-state index is -8.50. The van der Waals surface area contributed by atoms with Crippen molar-refractivity contribution in [1.29, 1.82) is 0 Å². The first kappa shape index (κ1) is 31.7. The van der Waals surface area contributed by atoms with Crippen LogP contribution in [-0.4, -0.2) is 42.0 Å². The lowest BCUT2D eigenvalue weighted by Gasteiger charge is -2.47. The molecule has 0 bridgehead atoms. The van der Waals surface area contributed by atoms with Crippen LogP contribution in [0.3, 0.4) is 0 Å². The molecular formula is C18F22. The van der Waals surface area contributed by atoms with E-state index in [1.807, 2.05) is 0 Å². The first-order chi connectivity index (χ1) is 17.5. The first-order valence-electron chi connectivity index (χ1n) is 9.16. The number of benzene rings is 1. The normalized spacial score (nSPS) is 24.8. The van der Waals surface area contributed by atoms with Gasteiger partial charge in [0.15, 0.2) is 34.5 Å². The summed E-state index contributed by atoms with van der Waals surface area (Å²) in [4.78, 5) is 0. The highest BCUT2D eigenvalue weighted by Crippen LogP contribution is 2.75. The van der Waals surface area contributed by atoms with Crippen LogP contribution in [0.25, 0.3) is 5.57 Å². The number of halogens is 22. The van der Waals surface area contributed by atoms with Crippen molar-refractivity contribution >= 4 is 5.57 Å². The first-order valence-corrected chi connectivity index (χ1v) is 9.16. The second kappa shape index (κ2) is 7.91. The van der Waals surface area contributed by atoms with Gasteiger partial charge in [0, 0.05) is 22.3 Å². The van der Waals surface area contributed by atoms with Gasteiger partial charge in [-0.15, -0.1) is 0 Å². The molecule has 2 aliphatic rings. The van der Waals surface area contributed by atoms with E-state index in [0.717, 1.165) is 0 Å². The van der Waals surface area contributed by atoms with Gasteiger partial charge < -0.3 is 0 Å². The van der Waals surface area contributed by atoms with Gasteiger partial charge in [-0.3, -0.25) is 0 Å². The monoisotopic (exact) mass is 634 g/mol. The van der Waals surface area contributed by atoms with Gasteiger partial charge in [-0.05, 0) is 0 Å². The van der Waals surface area contributed by atoms with Crippen LogP contribution in [0.1, 0.15) is 11.1 Å². The SMILES string of the molecule is FC1=C(F)C(F)(F)C(F)(F)C(F)(F)C2(C(F)(F)C(F)(F)F)C1=C(C(F)(F)C(F)(F)F)c1c(F)c(F)c(F)c(F)c12. The van der Waals surface area contributed by atoms with E-state index in [2.05, 4.69) is 0 Å². The number of fused-ring (bicyclic) bond motifs is 3. The molecule has 0 aromatic heterocycles. The highest BCUT2D eigenvalue weighted by atomic mass is 19.4. The number of alkyl halides is 16. The van der Waals surface area contributed by atoms with Crippen molar-refractivity contribution in [1.82, 2.24) is 0 Å². The van der Waals surface area contributed by atoms with Gasteiger partial charge in [0.25, 0.3) is 0 Å². The Balaban J connectivity index is 3.03. The van der Waals surface area contributed by atoms with E-state index in [4.69, 9.17) is 0 Å². The number of hydrogen-bond acceptors (Lipinski definition) is 0. The van der Waals surface area contributed by atoms with Crippen molar-refractivity contribution in [3.05, 3.63) is 51.6 Å². The van der Waals surface area contributed by atoms with Gasteiger partial charge in [0.05, 0.1) is 0 Å². The zero-order valence-electron chi connectivity index (χ0n) is 17.3. The van der Waals surface area contributed by atoms with Gasteiger partial charge in [-0.2, -0.15) is 70.2 Å². The third-order valence-corrected chi connectivity index (χ3v) is 5.96. The van der Waals surface area contributed by atoms with Crippen LogP contribution >= 0.6 is 0 Å². The summed E-state index contributed by atoms with van der Waals surface area (Å²) in [5, 5.41) is 0. The summed E-state index contributed by atoms with van der Waals surface area (Å²) in [5.41, 5.74) is -25.7. The van der Waals surface area contributed by atoms with E-state index >= 15 is 8.78 Å². The molecule has 0 saturated heterocycles. The van der Waals surface area contributed by atoms with E-state index in [1.165, 1.54) is 0 Å². The minimum absolute atomic E-state index is 3.76. The number of hydrogen-bond donors (Lipinski definition) is 0.